The minimum absolute atomic E-state index is 0.0162. The molecule has 0 bridgehead atoms. The van der Waals surface area contributed by atoms with Crippen molar-refractivity contribution in [3.63, 3.8) is 0 Å². The molecule has 0 aliphatic rings. The minimum Gasteiger partial charge on any atom is -0.505 e. The number of carboxylic acids is 1. The van der Waals surface area contributed by atoms with Gasteiger partial charge in [-0.15, -0.1) is 33.1 Å². The predicted molar refractivity (Wildman–Crippen MR) is 300 cm³/mol. The number of aliphatic carboxylic acids is 1. The summed E-state index contributed by atoms with van der Waals surface area (Å²) >= 11 is 1.68. The monoisotopic (exact) mass is 1200 g/mol. The first-order valence-corrected chi connectivity index (χ1v) is 27.4. The van der Waals surface area contributed by atoms with Gasteiger partial charge in [-0.05, 0) is 158 Å². The largest absolute Gasteiger partial charge is 0.505 e. The number of aromatic nitrogens is 3. The third kappa shape index (κ3) is 14.6. The number of anilines is 1. The van der Waals surface area contributed by atoms with Gasteiger partial charge in [-0.2, -0.15) is 44.2 Å². The molecule has 1 amide bonds. The van der Waals surface area contributed by atoms with Gasteiger partial charge >= 0.3 is 5.97 Å². The maximum Gasteiger partial charge on any atom is 0.303 e. The van der Waals surface area contributed by atoms with Crippen molar-refractivity contribution in [1.29, 1.82) is 0 Å². The SMILES string of the molecule is Cc1cc(N=Nc2cc(C)c(N=Nc3c(SOOO)cc4cc(N=Nc5ccc(NC(=O)CCC(=O)O)cc5)ccc4c3O)cc2C)ccc1N=Nc1ccc(-n2nc3ccc4c(SOOO)cc(S(=O)(=O)O)cc4c3n2)c(SOOO)c1. The van der Waals surface area contributed by atoms with Crippen molar-refractivity contribution in [1.82, 2.24) is 15.0 Å². The van der Waals surface area contributed by atoms with Gasteiger partial charge in [-0.25, -0.2) is 15.8 Å². The van der Waals surface area contributed by atoms with Gasteiger partial charge in [0.2, 0.25) is 5.91 Å². The van der Waals surface area contributed by atoms with Crippen LogP contribution in [0.1, 0.15) is 29.5 Å². The number of carbonyl (C=O) groups excluding carboxylic acids is 1. The van der Waals surface area contributed by atoms with E-state index in [-0.39, 0.29) is 45.0 Å². The smallest absolute Gasteiger partial charge is 0.303 e. The Labute approximate surface area is 480 Å². The normalized spacial score (nSPS) is 12.2. The van der Waals surface area contributed by atoms with Gasteiger partial charge in [-0.3, -0.25) is 14.1 Å². The number of nitrogens with zero attached hydrogens (tertiary/aromatic N) is 11. The first-order chi connectivity index (χ1) is 40.0. The summed E-state index contributed by atoms with van der Waals surface area (Å²) < 4.78 is 48.2. The molecular weight excluding hydrogens is 1160 g/mol. The molecule has 9 rings (SSSR count). The molecule has 32 heteroatoms. The number of aromatic hydroxyl groups is 1. The highest BCUT2D eigenvalue weighted by Gasteiger charge is 2.21. The molecule has 1 heterocycles. The van der Waals surface area contributed by atoms with Gasteiger partial charge in [0.1, 0.15) is 22.4 Å². The van der Waals surface area contributed by atoms with Crippen molar-refractivity contribution in [3.05, 3.63) is 138 Å². The zero-order valence-electron chi connectivity index (χ0n) is 42.8. The summed E-state index contributed by atoms with van der Waals surface area (Å²) in [5, 5.41) is 107. The summed E-state index contributed by atoms with van der Waals surface area (Å²) in [7, 11) is -4.69. The third-order valence-corrected chi connectivity index (χ3v) is 14.6. The Morgan fingerprint density at radius 3 is 1.81 bits per heavy atom. The molecule has 1 aromatic heterocycles. The lowest BCUT2D eigenvalue weighted by atomic mass is 10.1. The Hall–Kier alpha value is -8.58. The summed E-state index contributed by atoms with van der Waals surface area (Å²) in [6, 6.07) is 32.1. The van der Waals surface area contributed by atoms with E-state index in [2.05, 4.69) is 75.9 Å². The first-order valence-electron chi connectivity index (χ1n) is 23.7. The molecule has 7 N–H and O–H groups in total. The second kappa shape index (κ2) is 26.6. The van der Waals surface area contributed by atoms with Crippen LogP contribution in [0.5, 0.6) is 5.75 Å². The average molecular weight is 1210 g/mol. The van der Waals surface area contributed by atoms with Gasteiger partial charge in [0.25, 0.3) is 10.1 Å². The van der Waals surface area contributed by atoms with E-state index < -0.39 is 26.9 Å². The summed E-state index contributed by atoms with van der Waals surface area (Å²) in [5.41, 5.74) is 6.71. The van der Waals surface area contributed by atoms with Crippen LogP contribution in [0.2, 0.25) is 0 Å². The average Bonchev–Trinajstić information content (AvgIpc) is 2.64. The molecule has 0 saturated heterocycles. The predicted octanol–water partition coefficient (Wildman–Crippen LogP) is 15.4. The fourth-order valence-electron chi connectivity index (χ4n) is 7.91. The fourth-order valence-corrected chi connectivity index (χ4v) is 10.1. The molecule has 0 unspecified atom stereocenters. The number of carbonyl (C=O) groups is 2. The second-order valence-electron chi connectivity index (χ2n) is 17.4. The Morgan fingerprint density at radius 1 is 0.566 bits per heavy atom. The molecule has 0 radical (unpaired) electrons. The maximum absolute atomic E-state index is 12.2. The van der Waals surface area contributed by atoms with Gasteiger partial charge in [0.05, 0.1) is 97.0 Å². The number of benzene rings is 8. The highest BCUT2D eigenvalue weighted by Crippen LogP contribution is 2.46. The van der Waals surface area contributed by atoms with Crippen LogP contribution < -0.4 is 5.32 Å². The number of amides is 1. The molecule has 0 spiro atoms. The van der Waals surface area contributed by atoms with Gasteiger partial charge in [0.15, 0.2) is 5.75 Å². The van der Waals surface area contributed by atoms with Crippen molar-refractivity contribution < 1.29 is 76.7 Å². The lowest BCUT2D eigenvalue weighted by Gasteiger charge is -2.10. The standard InChI is InChI=1S/C51H40N12O16S4/c1-26-18-32(9-13-39(26)57-56-34-10-15-43(45(23-34)81-78-75-69)63-61-40-14-12-37-38(49(40)62-63)24-35(83(71,72)73)25-44(37)80-77-74-68)55-58-41-19-28(3)42(20-27(41)2)59-60-50-46(82-79-76-70)22-29-21-33(8-11-36(29)51(50)67)54-53-31-6-4-30(5-7-31)52-47(64)16-17-48(65)66/h4-15,18-25,67-70H,16-17H2,1-3H3,(H,52,64)(H,65,66)(H,71,72,73). The summed E-state index contributed by atoms with van der Waals surface area (Å²) in [4.78, 5) is 24.2. The Bertz CT molecular complexity index is 4210. The molecular formula is C51H40N12O16S4. The number of azo groups is 4. The summed E-state index contributed by atoms with van der Waals surface area (Å²) in [5.74, 6) is -1.75. The van der Waals surface area contributed by atoms with E-state index in [0.717, 1.165) is 6.07 Å². The van der Waals surface area contributed by atoms with Crippen molar-refractivity contribution >= 4 is 142 Å². The maximum atomic E-state index is 12.2. The van der Waals surface area contributed by atoms with E-state index in [4.69, 9.17) is 29.5 Å². The summed E-state index contributed by atoms with van der Waals surface area (Å²) in [6.07, 6.45) is -0.447. The van der Waals surface area contributed by atoms with Gasteiger partial charge in [-0.1, -0.05) is 21.2 Å². The number of nitrogens with one attached hydrogen (secondary N) is 1. The van der Waals surface area contributed by atoms with E-state index in [1.54, 1.807) is 116 Å². The number of phenols is 1. The van der Waals surface area contributed by atoms with Crippen molar-refractivity contribution in [2.45, 2.75) is 53.2 Å². The quantitative estimate of drug-likeness (QED) is 0.0103. The minimum atomic E-state index is -4.69. The highest BCUT2D eigenvalue weighted by atomic mass is 32.2. The molecule has 0 saturated carbocycles. The van der Waals surface area contributed by atoms with Crippen LogP contribution in [0.25, 0.3) is 38.3 Å². The lowest BCUT2D eigenvalue weighted by Crippen LogP contribution is -2.12. The van der Waals surface area contributed by atoms with E-state index in [0.29, 0.717) is 131 Å². The molecule has 0 aliphatic carbocycles. The molecule has 0 aliphatic heterocycles. The van der Waals surface area contributed by atoms with E-state index in [1.165, 1.54) is 10.9 Å². The van der Waals surface area contributed by atoms with Crippen LogP contribution in [0, 0.1) is 20.8 Å². The number of rotatable bonds is 23. The van der Waals surface area contributed by atoms with Crippen molar-refractivity contribution in [3.8, 4) is 11.4 Å². The van der Waals surface area contributed by atoms with Crippen LogP contribution in [-0.2, 0) is 47.8 Å². The molecule has 28 nitrogen and oxygen atoms in total. The zero-order chi connectivity index (χ0) is 58.8. The van der Waals surface area contributed by atoms with Crippen LogP contribution in [-0.4, -0.2) is 65.8 Å². The molecule has 9 aromatic rings. The molecule has 83 heavy (non-hydrogen) atoms. The lowest BCUT2D eigenvalue weighted by molar-refractivity contribution is -0.432. The number of aryl methyl sites for hydroxylation is 3. The number of fused-ring (bicyclic) bond motifs is 4. The molecule has 0 fully saturated rings. The first kappa shape index (κ1) is 59.1. The molecule has 8 aromatic carbocycles. The Balaban J connectivity index is 0.885. The van der Waals surface area contributed by atoms with Gasteiger partial charge in [0, 0.05) is 33.2 Å². The third-order valence-electron chi connectivity index (χ3n) is 11.9. The number of phenolic OH excluding ortho intramolecular Hbond substituents is 1. The Morgan fingerprint density at radius 2 is 1.13 bits per heavy atom. The second-order valence-corrected chi connectivity index (χ2v) is 21.1. The zero-order valence-corrected chi connectivity index (χ0v) is 46.0. The van der Waals surface area contributed by atoms with Crippen LogP contribution in [0.4, 0.5) is 51.2 Å². The van der Waals surface area contributed by atoms with Crippen LogP contribution in [0.3, 0.4) is 0 Å². The van der Waals surface area contributed by atoms with Crippen LogP contribution >= 0.6 is 36.1 Å². The summed E-state index contributed by atoms with van der Waals surface area (Å²) in [6.45, 7) is 5.45. The topological polar surface area (TPSA) is 387 Å². The number of hydrogen-bond donors (Lipinski definition) is 7. The number of hydrogen-bond acceptors (Lipinski definition) is 27. The van der Waals surface area contributed by atoms with Crippen LogP contribution in [0.15, 0.2) is 182 Å². The fraction of sp³-hybridized carbons (Fsp3) is 0.0980. The Kier molecular flexibility index (Phi) is 18.9. The van der Waals surface area contributed by atoms with E-state index in [9.17, 15) is 27.7 Å². The van der Waals surface area contributed by atoms with E-state index >= 15 is 0 Å². The van der Waals surface area contributed by atoms with Crippen molar-refractivity contribution in [2.75, 3.05) is 5.32 Å². The highest BCUT2D eigenvalue weighted by molar-refractivity contribution is 7.95. The molecule has 0 atom stereocenters. The van der Waals surface area contributed by atoms with Crippen molar-refractivity contribution in [2.24, 2.45) is 40.9 Å². The number of carboxylic acid groups (broad SMARTS) is 1. The molecule has 424 valence electrons. The van der Waals surface area contributed by atoms with Gasteiger partial charge < -0.3 is 15.5 Å². The van der Waals surface area contributed by atoms with E-state index in [1.807, 2.05) is 13.8 Å².